The van der Waals surface area contributed by atoms with Crippen LogP contribution < -0.4 is 14.4 Å². The number of ether oxygens (including phenoxy) is 2. The molecule has 0 saturated carbocycles. The maximum absolute atomic E-state index is 6.06. The monoisotopic (exact) mass is 599 g/mol. The van der Waals surface area contributed by atoms with Crippen LogP contribution in [0.3, 0.4) is 0 Å². The quantitative estimate of drug-likeness (QED) is 0.113. The van der Waals surface area contributed by atoms with Gasteiger partial charge in [0.05, 0.1) is 18.6 Å². The molecule has 4 aromatic rings. The van der Waals surface area contributed by atoms with Gasteiger partial charge in [0, 0.05) is 47.8 Å². The first-order valence-corrected chi connectivity index (χ1v) is 16.5. The number of hydrogen-bond donors (Lipinski definition) is 0. The third kappa shape index (κ3) is 6.42. The molecule has 232 valence electrons. The van der Waals surface area contributed by atoms with E-state index >= 15 is 0 Å². The van der Waals surface area contributed by atoms with Crippen molar-refractivity contribution in [2.75, 3.05) is 31.2 Å². The van der Waals surface area contributed by atoms with Crippen molar-refractivity contribution in [1.29, 1.82) is 0 Å². The lowest BCUT2D eigenvalue weighted by Crippen LogP contribution is -2.42. The molecule has 0 fully saturated rings. The molecular formula is C41H47N2O2+. The van der Waals surface area contributed by atoms with Crippen LogP contribution in [0.1, 0.15) is 58.1 Å². The summed E-state index contributed by atoms with van der Waals surface area (Å²) < 4.78 is 14.6. The van der Waals surface area contributed by atoms with Crippen molar-refractivity contribution in [3.63, 3.8) is 0 Å². The van der Waals surface area contributed by atoms with E-state index in [2.05, 4.69) is 97.9 Å². The summed E-state index contributed by atoms with van der Waals surface area (Å²) in [5, 5.41) is 0. The molecule has 0 saturated heterocycles. The zero-order valence-electron chi connectivity index (χ0n) is 27.3. The molecule has 0 amide bonds. The first-order chi connectivity index (χ1) is 21.9. The second-order valence-corrected chi connectivity index (χ2v) is 13.3. The minimum Gasteiger partial charge on any atom is -0.494 e. The zero-order valence-corrected chi connectivity index (χ0v) is 27.3. The van der Waals surface area contributed by atoms with E-state index in [1.54, 1.807) is 0 Å². The summed E-state index contributed by atoms with van der Waals surface area (Å²) in [5.74, 6) is 1.87. The SMILES string of the molecule is CC1(C)C(C=CCC2N(CCCOc3ccccc3)c3ccccc3C2(C)C)=[N+](CCCOc2ccccc2)c2ccccc21. The molecule has 4 heteroatoms. The van der Waals surface area contributed by atoms with Crippen LogP contribution in [-0.4, -0.2) is 42.6 Å². The van der Waals surface area contributed by atoms with Crippen LogP contribution >= 0.6 is 0 Å². The molecule has 0 radical (unpaired) electrons. The highest BCUT2D eigenvalue weighted by atomic mass is 16.5. The molecule has 0 spiro atoms. The molecule has 0 bridgehead atoms. The Morgan fingerprint density at radius 1 is 0.689 bits per heavy atom. The highest BCUT2D eigenvalue weighted by Crippen LogP contribution is 2.46. The fraction of sp³-hybridized carbons (Fsp3) is 0.341. The van der Waals surface area contributed by atoms with Crippen LogP contribution in [0, 0.1) is 0 Å². The summed E-state index contributed by atoms with van der Waals surface area (Å²) in [6.45, 7) is 12.8. The van der Waals surface area contributed by atoms with Crippen molar-refractivity contribution in [2.24, 2.45) is 0 Å². The van der Waals surface area contributed by atoms with Crippen LogP contribution in [0.5, 0.6) is 11.5 Å². The van der Waals surface area contributed by atoms with E-state index < -0.39 is 0 Å². The summed E-state index contributed by atoms with van der Waals surface area (Å²) in [5.41, 5.74) is 6.83. The molecule has 1 unspecified atom stereocenters. The third-order valence-corrected chi connectivity index (χ3v) is 9.64. The van der Waals surface area contributed by atoms with E-state index in [0.29, 0.717) is 19.3 Å². The lowest BCUT2D eigenvalue weighted by molar-refractivity contribution is -0.438. The van der Waals surface area contributed by atoms with Gasteiger partial charge in [-0.3, -0.25) is 0 Å². The van der Waals surface area contributed by atoms with Gasteiger partial charge < -0.3 is 14.4 Å². The topological polar surface area (TPSA) is 24.7 Å². The van der Waals surface area contributed by atoms with Crippen molar-refractivity contribution in [3.05, 3.63) is 132 Å². The highest BCUT2D eigenvalue weighted by Gasteiger charge is 2.45. The van der Waals surface area contributed by atoms with Crippen molar-refractivity contribution >= 4 is 17.1 Å². The predicted octanol–water partition coefficient (Wildman–Crippen LogP) is 9.11. The van der Waals surface area contributed by atoms with Crippen molar-refractivity contribution in [3.8, 4) is 11.5 Å². The average Bonchev–Trinajstić information content (AvgIpc) is 3.41. The number of nitrogens with zero attached hydrogens (tertiary/aromatic N) is 2. The average molecular weight is 600 g/mol. The molecule has 2 heterocycles. The number of fused-ring (bicyclic) bond motifs is 2. The van der Waals surface area contributed by atoms with Crippen molar-refractivity contribution in [2.45, 2.75) is 63.8 Å². The van der Waals surface area contributed by atoms with Gasteiger partial charge in [0.2, 0.25) is 5.69 Å². The summed E-state index contributed by atoms with van der Waals surface area (Å²) in [7, 11) is 0. The summed E-state index contributed by atoms with van der Waals surface area (Å²) >= 11 is 0. The maximum atomic E-state index is 6.06. The van der Waals surface area contributed by atoms with Gasteiger partial charge in [0.1, 0.15) is 11.5 Å². The lowest BCUT2D eigenvalue weighted by atomic mass is 9.78. The van der Waals surface area contributed by atoms with Crippen LogP contribution in [0.4, 0.5) is 11.4 Å². The van der Waals surface area contributed by atoms with Crippen molar-refractivity contribution < 1.29 is 14.0 Å². The Balaban J connectivity index is 1.19. The molecule has 45 heavy (non-hydrogen) atoms. The van der Waals surface area contributed by atoms with Crippen molar-refractivity contribution in [1.82, 2.24) is 0 Å². The van der Waals surface area contributed by atoms with E-state index in [0.717, 1.165) is 43.9 Å². The van der Waals surface area contributed by atoms with Gasteiger partial charge in [0.15, 0.2) is 12.3 Å². The van der Waals surface area contributed by atoms with E-state index in [1.807, 2.05) is 60.7 Å². The summed E-state index contributed by atoms with van der Waals surface area (Å²) in [6.07, 6.45) is 7.73. The second-order valence-electron chi connectivity index (χ2n) is 13.3. The Morgan fingerprint density at radius 2 is 1.27 bits per heavy atom. The number of benzene rings is 4. The van der Waals surface area contributed by atoms with Gasteiger partial charge in [-0.15, -0.1) is 0 Å². The number of hydrogen-bond acceptors (Lipinski definition) is 3. The molecule has 2 aliphatic heterocycles. The predicted molar refractivity (Wildman–Crippen MR) is 187 cm³/mol. The Kier molecular flexibility index (Phi) is 9.11. The largest absolute Gasteiger partial charge is 0.494 e. The summed E-state index contributed by atoms with van der Waals surface area (Å²) in [6, 6.07) is 38.5. The van der Waals surface area contributed by atoms with Gasteiger partial charge in [-0.2, -0.15) is 4.58 Å². The van der Waals surface area contributed by atoms with Crippen LogP contribution in [0.25, 0.3) is 0 Å². The van der Waals surface area contributed by atoms with E-state index in [9.17, 15) is 0 Å². The Labute approximate surface area is 269 Å². The molecule has 2 aliphatic rings. The minimum absolute atomic E-state index is 0.0362. The normalized spacial score (nSPS) is 17.9. The highest BCUT2D eigenvalue weighted by molar-refractivity contribution is 6.03. The maximum Gasteiger partial charge on any atom is 0.209 e. The van der Waals surface area contributed by atoms with Gasteiger partial charge in [-0.1, -0.05) is 92.7 Å². The van der Waals surface area contributed by atoms with Crippen LogP contribution in [0.15, 0.2) is 121 Å². The second kappa shape index (κ2) is 13.4. The molecule has 4 aromatic carbocycles. The van der Waals surface area contributed by atoms with Gasteiger partial charge in [-0.25, -0.2) is 0 Å². The van der Waals surface area contributed by atoms with E-state index in [4.69, 9.17) is 9.47 Å². The van der Waals surface area contributed by atoms with Crippen LogP contribution in [-0.2, 0) is 10.8 Å². The Hall–Kier alpha value is -4.31. The Morgan fingerprint density at radius 3 is 1.96 bits per heavy atom. The number of allylic oxidation sites excluding steroid dienone is 1. The fourth-order valence-corrected chi connectivity index (χ4v) is 7.27. The molecular weight excluding hydrogens is 552 g/mol. The molecule has 4 nitrogen and oxygen atoms in total. The first kappa shape index (κ1) is 30.7. The van der Waals surface area contributed by atoms with Gasteiger partial charge >= 0.3 is 0 Å². The third-order valence-electron chi connectivity index (χ3n) is 9.64. The van der Waals surface area contributed by atoms with E-state index in [-0.39, 0.29) is 10.8 Å². The Bertz CT molecular complexity index is 1640. The number of rotatable bonds is 13. The number of anilines is 1. The fourth-order valence-electron chi connectivity index (χ4n) is 7.27. The minimum atomic E-state index is -0.0734. The van der Waals surface area contributed by atoms with Gasteiger partial charge in [-0.05, 0) is 62.6 Å². The summed E-state index contributed by atoms with van der Waals surface area (Å²) in [4.78, 5) is 2.63. The standard InChI is InChI=1S/C41H47N2O2/c1-40(2)34-22-11-13-24-36(34)42(28-16-30-44-32-18-7-5-8-19-32)38(40)26-15-27-39-41(3,4)35-23-12-14-25-37(35)43(39)29-17-31-45-33-20-9-6-10-21-33/h5-15,18-26,39H,16-17,27-31H2,1-4H3/q+1. The van der Waals surface area contributed by atoms with Gasteiger partial charge in [0.25, 0.3) is 0 Å². The number of para-hydroxylation sites is 4. The molecule has 6 rings (SSSR count). The molecule has 0 aliphatic carbocycles. The lowest BCUT2D eigenvalue weighted by Gasteiger charge is -2.34. The molecule has 1 atom stereocenters. The van der Waals surface area contributed by atoms with E-state index in [1.165, 1.54) is 28.2 Å². The molecule has 0 N–H and O–H groups in total. The first-order valence-electron chi connectivity index (χ1n) is 16.5. The molecule has 0 aromatic heterocycles. The van der Waals surface area contributed by atoms with Crippen LogP contribution in [0.2, 0.25) is 0 Å². The smallest absolute Gasteiger partial charge is 0.209 e. The zero-order chi connectivity index (χ0) is 31.3.